The van der Waals surface area contributed by atoms with Crippen molar-refractivity contribution in [2.75, 3.05) is 23.7 Å². The number of hydrogen-bond acceptors (Lipinski definition) is 6. The predicted molar refractivity (Wildman–Crippen MR) is 89.4 cm³/mol. The largest absolute Gasteiger partial charge is 0.332 e. The minimum Gasteiger partial charge on any atom is -0.332 e. The monoisotopic (exact) mass is 345 g/mol. The van der Waals surface area contributed by atoms with E-state index >= 15 is 0 Å². The van der Waals surface area contributed by atoms with Gasteiger partial charge in [0.05, 0.1) is 6.54 Å². The van der Waals surface area contributed by atoms with Gasteiger partial charge in [-0.1, -0.05) is 0 Å². The summed E-state index contributed by atoms with van der Waals surface area (Å²) >= 11 is 0. The van der Waals surface area contributed by atoms with Gasteiger partial charge in [-0.2, -0.15) is 0 Å². The number of anilines is 2. The molecule has 0 atom stereocenters. The standard InChI is InChI=1S/C15H19N7O3/c1-3-21(15(25)9-22-10-16-19-20-22)8-14(24)18-13-6-4-12(5-7-13)17-11(2)23/h4-7,10H,3,8-9H2,1-2H3,(H,17,23)(H,18,24). The lowest BCUT2D eigenvalue weighted by molar-refractivity contribution is -0.135. The summed E-state index contributed by atoms with van der Waals surface area (Å²) in [5.74, 6) is -0.749. The molecule has 0 spiro atoms. The molecule has 0 aliphatic rings. The number of rotatable bonds is 7. The quantitative estimate of drug-likeness (QED) is 0.735. The SMILES string of the molecule is CCN(CC(=O)Nc1ccc(NC(C)=O)cc1)C(=O)Cn1cnnn1. The number of aromatic nitrogens is 4. The van der Waals surface area contributed by atoms with Gasteiger partial charge < -0.3 is 15.5 Å². The van der Waals surface area contributed by atoms with Crippen LogP contribution in [0.25, 0.3) is 0 Å². The lowest BCUT2D eigenvalue weighted by Crippen LogP contribution is -2.39. The number of amides is 3. The van der Waals surface area contributed by atoms with E-state index in [4.69, 9.17) is 0 Å². The number of hydrogen-bond donors (Lipinski definition) is 2. The third kappa shape index (κ3) is 5.68. The topological polar surface area (TPSA) is 122 Å². The molecule has 10 nitrogen and oxygen atoms in total. The Bertz CT molecular complexity index is 728. The van der Waals surface area contributed by atoms with Crippen LogP contribution < -0.4 is 10.6 Å². The number of benzene rings is 1. The zero-order valence-electron chi connectivity index (χ0n) is 14.0. The number of nitrogens with zero attached hydrogens (tertiary/aromatic N) is 5. The summed E-state index contributed by atoms with van der Waals surface area (Å²) in [6.07, 6.45) is 1.34. The highest BCUT2D eigenvalue weighted by molar-refractivity contribution is 5.95. The molecule has 2 aromatic rings. The lowest BCUT2D eigenvalue weighted by atomic mass is 10.2. The van der Waals surface area contributed by atoms with Crippen LogP contribution in [0.2, 0.25) is 0 Å². The van der Waals surface area contributed by atoms with Crippen molar-refractivity contribution in [1.29, 1.82) is 0 Å². The number of nitrogens with one attached hydrogen (secondary N) is 2. The molecule has 0 bridgehead atoms. The molecule has 1 heterocycles. The van der Waals surface area contributed by atoms with E-state index in [0.29, 0.717) is 17.9 Å². The summed E-state index contributed by atoms with van der Waals surface area (Å²) < 4.78 is 1.30. The molecule has 0 saturated carbocycles. The Morgan fingerprint density at radius 3 is 2.28 bits per heavy atom. The Balaban J connectivity index is 1.88. The summed E-state index contributed by atoms with van der Waals surface area (Å²) in [5.41, 5.74) is 1.21. The van der Waals surface area contributed by atoms with E-state index in [0.717, 1.165) is 0 Å². The number of tetrazole rings is 1. The number of likely N-dealkylation sites (N-methyl/N-ethyl adjacent to an activating group) is 1. The van der Waals surface area contributed by atoms with Gasteiger partial charge in [0, 0.05) is 24.8 Å². The van der Waals surface area contributed by atoms with E-state index in [1.165, 1.54) is 22.8 Å². The highest BCUT2D eigenvalue weighted by Crippen LogP contribution is 2.13. The van der Waals surface area contributed by atoms with Crippen LogP contribution in [0.5, 0.6) is 0 Å². The molecule has 3 amide bonds. The van der Waals surface area contributed by atoms with Crippen molar-refractivity contribution in [3.8, 4) is 0 Å². The second kappa shape index (κ2) is 8.52. The minimum atomic E-state index is -0.320. The fourth-order valence-corrected chi connectivity index (χ4v) is 2.08. The van der Waals surface area contributed by atoms with E-state index in [1.54, 1.807) is 31.2 Å². The highest BCUT2D eigenvalue weighted by Gasteiger charge is 2.16. The maximum Gasteiger partial charge on any atom is 0.244 e. The smallest absolute Gasteiger partial charge is 0.244 e. The van der Waals surface area contributed by atoms with Gasteiger partial charge in [-0.25, -0.2) is 4.68 Å². The maximum absolute atomic E-state index is 12.2. The van der Waals surface area contributed by atoms with Crippen molar-refractivity contribution < 1.29 is 14.4 Å². The van der Waals surface area contributed by atoms with Crippen LogP contribution in [-0.2, 0) is 20.9 Å². The predicted octanol–water partition coefficient (Wildman–Crippen LogP) is 0.119. The van der Waals surface area contributed by atoms with E-state index in [2.05, 4.69) is 26.2 Å². The molecule has 132 valence electrons. The van der Waals surface area contributed by atoms with Crippen molar-refractivity contribution in [2.24, 2.45) is 0 Å². The molecular formula is C15H19N7O3. The van der Waals surface area contributed by atoms with Crippen LogP contribution in [0, 0.1) is 0 Å². The molecule has 2 N–H and O–H groups in total. The van der Waals surface area contributed by atoms with Crippen LogP contribution in [-0.4, -0.2) is 55.9 Å². The molecule has 1 aromatic carbocycles. The van der Waals surface area contributed by atoms with Gasteiger partial charge >= 0.3 is 0 Å². The third-order valence-corrected chi connectivity index (χ3v) is 3.25. The first-order chi connectivity index (χ1) is 12.0. The molecule has 0 fully saturated rings. The van der Waals surface area contributed by atoms with Gasteiger partial charge in [0.25, 0.3) is 0 Å². The zero-order chi connectivity index (χ0) is 18.2. The molecule has 0 saturated heterocycles. The Morgan fingerprint density at radius 2 is 1.76 bits per heavy atom. The molecule has 25 heavy (non-hydrogen) atoms. The van der Waals surface area contributed by atoms with Crippen molar-refractivity contribution in [1.82, 2.24) is 25.1 Å². The summed E-state index contributed by atoms with van der Waals surface area (Å²) in [6, 6.07) is 6.69. The Morgan fingerprint density at radius 1 is 1.12 bits per heavy atom. The molecule has 0 aliphatic heterocycles. The fourth-order valence-electron chi connectivity index (χ4n) is 2.08. The summed E-state index contributed by atoms with van der Waals surface area (Å²) in [6.45, 7) is 3.48. The van der Waals surface area contributed by atoms with Crippen LogP contribution in [0.15, 0.2) is 30.6 Å². The van der Waals surface area contributed by atoms with Crippen LogP contribution in [0.4, 0.5) is 11.4 Å². The van der Waals surface area contributed by atoms with Crippen LogP contribution in [0.1, 0.15) is 13.8 Å². The molecular weight excluding hydrogens is 326 g/mol. The maximum atomic E-state index is 12.2. The molecule has 1 aromatic heterocycles. The van der Waals surface area contributed by atoms with Crippen molar-refractivity contribution >= 4 is 29.1 Å². The Kier molecular flexibility index (Phi) is 6.15. The Hall–Kier alpha value is -3.30. The van der Waals surface area contributed by atoms with E-state index in [1.807, 2.05) is 0 Å². The lowest BCUT2D eigenvalue weighted by Gasteiger charge is -2.20. The average Bonchev–Trinajstić information content (AvgIpc) is 3.06. The van der Waals surface area contributed by atoms with Crippen molar-refractivity contribution in [3.63, 3.8) is 0 Å². The molecule has 0 radical (unpaired) electrons. The van der Waals surface area contributed by atoms with Gasteiger partial charge in [-0.05, 0) is 41.6 Å². The average molecular weight is 345 g/mol. The minimum absolute atomic E-state index is 0.0282. The normalized spacial score (nSPS) is 10.2. The molecule has 10 heteroatoms. The second-order valence-corrected chi connectivity index (χ2v) is 5.22. The van der Waals surface area contributed by atoms with Gasteiger partial charge in [-0.15, -0.1) is 5.10 Å². The van der Waals surface area contributed by atoms with E-state index in [-0.39, 0.29) is 30.8 Å². The second-order valence-electron chi connectivity index (χ2n) is 5.22. The first-order valence-corrected chi connectivity index (χ1v) is 7.64. The van der Waals surface area contributed by atoms with Crippen molar-refractivity contribution in [2.45, 2.75) is 20.4 Å². The zero-order valence-corrected chi connectivity index (χ0v) is 14.0. The molecule has 0 unspecified atom stereocenters. The molecule has 0 aliphatic carbocycles. The summed E-state index contributed by atoms with van der Waals surface area (Å²) in [4.78, 5) is 36.7. The first kappa shape index (κ1) is 18.0. The fraction of sp³-hybridized carbons (Fsp3) is 0.333. The van der Waals surface area contributed by atoms with Crippen LogP contribution >= 0.6 is 0 Å². The number of carbonyl (C=O) groups excluding carboxylic acids is 3. The number of carbonyl (C=O) groups is 3. The summed E-state index contributed by atoms with van der Waals surface area (Å²) in [7, 11) is 0. The van der Waals surface area contributed by atoms with E-state index in [9.17, 15) is 14.4 Å². The Labute approximate surface area is 144 Å². The van der Waals surface area contributed by atoms with Gasteiger partial charge in [0.1, 0.15) is 12.9 Å². The van der Waals surface area contributed by atoms with Crippen molar-refractivity contribution in [3.05, 3.63) is 30.6 Å². The third-order valence-electron chi connectivity index (χ3n) is 3.25. The van der Waals surface area contributed by atoms with Gasteiger partial charge in [0.15, 0.2) is 0 Å². The first-order valence-electron chi connectivity index (χ1n) is 7.64. The highest BCUT2D eigenvalue weighted by atomic mass is 16.2. The molecule has 2 rings (SSSR count). The van der Waals surface area contributed by atoms with E-state index < -0.39 is 0 Å². The van der Waals surface area contributed by atoms with Gasteiger partial charge in [0.2, 0.25) is 17.7 Å². The van der Waals surface area contributed by atoms with Gasteiger partial charge in [-0.3, -0.25) is 14.4 Å². The summed E-state index contributed by atoms with van der Waals surface area (Å²) in [5, 5.41) is 15.9. The van der Waals surface area contributed by atoms with Crippen LogP contribution in [0.3, 0.4) is 0 Å².